The zero-order valence-corrected chi connectivity index (χ0v) is 14.5. The van der Waals surface area contributed by atoms with Crippen molar-refractivity contribution in [3.63, 3.8) is 0 Å². The molecule has 0 aliphatic heterocycles. The summed E-state index contributed by atoms with van der Waals surface area (Å²) in [5, 5.41) is 3.73. The van der Waals surface area contributed by atoms with E-state index in [-0.39, 0.29) is 0 Å². The van der Waals surface area contributed by atoms with Crippen LogP contribution in [0.15, 0.2) is 18.2 Å². The molecule has 2 heteroatoms. The van der Waals surface area contributed by atoms with Crippen LogP contribution in [0.4, 0.5) is 5.69 Å². The van der Waals surface area contributed by atoms with Crippen LogP contribution in [0.25, 0.3) is 0 Å². The number of anilines is 1. The molecule has 1 N–H and O–H groups in total. The summed E-state index contributed by atoms with van der Waals surface area (Å²) in [6, 6.07) is 7.64. The Morgan fingerprint density at radius 3 is 2.33 bits per heavy atom. The number of rotatable bonds is 8. The lowest BCUT2D eigenvalue weighted by atomic mass is 9.84. The highest BCUT2D eigenvalue weighted by molar-refractivity contribution is 5.50. The predicted octanol–water partition coefficient (Wildman–Crippen LogP) is 4.30. The highest BCUT2D eigenvalue weighted by Gasteiger charge is 2.29. The molecule has 0 radical (unpaired) electrons. The normalized spacial score (nSPS) is 17.6. The van der Waals surface area contributed by atoms with E-state index in [2.05, 4.69) is 63.2 Å². The average Bonchev–Trinajstić information content (AvgIpc) is 3.19. The highest BCUT2D eigenvalue weighted by Crippen LogP contribution is 2.29. The summed E-state index contributed by atoms with van der Waals surface area (Å²) < 4.78 is 0. The van der Waals surface area contributed by atoms with Crippen LogP contribution in [0.1, 0.15) is 50.7 Å². The largest absolute Gasteiger partial charge is 0.374 e. The van der Waals surface area contributed by atoms with E-state index < -0.39 is 0 Å². The Bertz CT molecular complexity index is 444. The fourth-order valence-corrected chi connectivity index (χ4v) is 3.34. The summed E-state index contributed by atoms with van der Waals surface area (Å²) in [7, 11) is 2.24. The Morgan fingerprint density at radius 1 is 1.19 bits per heavy atom. The minimum atomic E-state index is 0.351. The van der Waals surface area contributed by atoms with Gasteiger partial charge in [0.2, 0.25) is 0 Å². The van der Waals surface area contributed by atoms with Crippen LogP contribution in [-0.2, 0) is 0 Å². The number of nitrogens with one attached hydrogen (secondary N) is 1. The molecule has 2 rings (SSSR count). The lowest BCUT2D eigenvalue weighted by Crippen LogP contribution is -2.41. The second-order valence-corrected chi connectivity index (χ2v) is 7.42. The highest BCUT2D eigenvalue weighted by atomic mass is 15.1. The van der Waals surface area contributed by atoms with Crippen LogP contribution in [0, 0.1) is 19.3 Å². The van der Waals surface area contributed by atoms with Crippen molar-refractivity contribution in [2.45, 2.75) is 59.4 Å². The van der Waals surface area contributed by atoms with Gasteiger partial charge in [0.05, 0.1) is 0 Å². The summed E-state index contributed by atoms with van der Waals surface area (Å²) in [6.07, 6.45) is 5.27. The maximum atomic E-state index is 3.73. The lowest BCUT2D eigenvalue weighted by Gasteiger charge is -2.35. The van der Waals surface area contributed by atoms with E-state index in [1.165, 1.54) is 42.5 Å². The van der Waals surface area contributed by atoms with E-state index >= 15 is 0 Å². The van der Waals surface area contributed by atoms with Gasteiger partial charge in [-0.25, -0.2) is 0 Å². The first-order chi connectivity index (χ1) is 9.92. The third-order valence-electron chi connectivity index (χ3n) is 4.51. The summed E-state index contributed by atoms with van der Waals surface area (Å²) >= 11 is 0. The first-order valence-electron chi connectivity index (χ1n) is 8.45. The van der Waals surface area contributed by atoms with Crippen molar-refractivity contribution in [1.82, 2.24) is 5.32 Å². The minimum Gasteiger partial charge on any atom is -0.374 e. The molecule has 0 spiro atoms. The summed E-state index contributed by atoms with van der Waals surface area (Å²) in [5.41, 5.74) is 4.40. The maximum absolute atomic E-state index is 3.73. The number of nitrogens with zero attached hydrogens (tertiary/aromatic N) is 1. The fourth-order valence-electron chi connectivity index (χ4n) is 3.34. The number of hydrogen-bond donors (Lipinski definition) is 1. The maximum Gasteiger partial charge on any atom is 0.0369 e. The molecule has 118 valence electrons. The second kappa shape index (κ2) is 6.83. The minimum absolute atomic E-state index is 0.351. The van der Waals surface area contributed by atoms with Crippen molar-refractivity contribution in [2.75, 3.05) is 25.0 Å². The van der Waals surface area contributed by atoms with Gasteiger partial charge in [-0.3, -0.25) is 0 Å². The quantitative estimate of drug-likeness (QED) is 0.767. The van der Waals surface area contributed by atoms with Gasteiger partial charge >= 0.3 is 0 Å². The van der Waals surface area contributed by atoms with Crippen LogP contribution in [0.3, 0.4) is 0 Å². The standard InChI is InChI=1S/C19H32N2/c1-6-9-19(4,13-20-17-7-8-17)14-21(5)18-11-15(2)10-16(3)12-18/h10-12,17,20H,6-9,13-14H2,1-5H3. The molecule has 1 aromatic rings. The molecule has 1 unspecified atom stereocenters. The third kappa shape index (κ3) is 5.03. The van der Waals surface area contributed by atoms with Gasteiger partial charge < -0.3 is 10.2 Å². The molecule has 1 aromatic carbocycles. The second-order valence-electron chi connectivity index (χ2n) is 7.42. The van der Waals surface area contributed by atoms with Crippen molar-refractivity contribution >= 4 is 5.69 Å². The molecule has 1 aliphatic rings. The smallest absolute Gasteiger partial charge is 0.0369 e. The van der Waals surface area contributed by atoms with Crippen LogP contribution < -0.4 is 10.2 Å². The molecule has 1 fully saturated rings. The van der Waals surface area contributed by atoms with E-state index in [1.54, 1.807) is 0 Å². The Morgan fingerprint density at radius 2 is 1.81 bits per heavy atom. The Kier molecular flexibility index (Phi) is 5.32. The van der Waals surface area contributed by atoms with Gasteiger partial charge in [0.1, 0.15) is 0 Å². The van der Waals surface area contributed by atoms with Crippen LogP contribution in [0.2, 0.25) is 0 Å². The van der Waals surface area contributed by atoms with E-state index in [0.29, 0.717) is 5.41 Å². The predicted molar refractivity (Wildman–Crippen MR) is 93.2 cm³/mol. The molecule has 0 saturated heterocycles. The third-order valence-corrected chi connectivity index (χ3v) is 4.51. The number of hydrogen-bond acceptors (Lipinski definition) is 2. The SMILES string of the molecule is CCCC(C)(CNC1CC1)CN(C)c1cc(C)cc(C)c1. The monoisotopic (exact) mass is 288 g/mol. The molecule has 1 atom stereocenters. The average molecular weight is 288 g/mol. The Labute approximate surface area is 130 Å². The van der Waals surface area contributed by atoms with E-state index in [9.17, 15) is 0 Å². The van der Waals surface area contributed by atoms with Gasteiger partial charge in [-0.05, 0) is 61.8 Å². The Balaban J connectivity index is 2.03. The van der Waals surface area contributed by atoms with Crippen molar-refractivity contribution in [2.24, 2.45) is 5.41 Å². The number of aryl methyl sites for hydroxylation is 2. The van der Waals surface area contributed by atoms with Crippen molar-refractivity contribution < 1.29 is 0 Å². The van der Waals surface area contributed by atoms with Gasteiger partial charge in [0.15, 0.2) is 0 Å². The zero-order valence-electron chi connectivity index (χ0n) is 14.5. The molecule has 0 amide bonds. The van der Waals surface area contributed by atoms with E-state index in [0.717, 1.165) is 19.1 Å². The van der Waals surface area contributed by atoms with Gasteiger partial charge in [-0.1, -0.05) is 26.3 Å². The first kappa shape index (κ1) is 16.4. The first-order valence-corrected chi connectivity index (χ1v) is 8.45. The van der Waals surface area contributed by atoms with Crippen LogP contribution in [-0.4, -0.2) is 26.2 Å². The van der Waals surface area contributed by atoms with Crippen molar-refractivity contribution in [3.05, 3.63) is 29.3 Å². The molecular weight excluding hydrogens is 256 g/mol. The van der Waals surface area contributed by atoms with Gasteiger partial charge in [-0.15, -0.1) is 0 Å². The molecular formula is C19H32N2. The molecule has 0 aromatic heterocycles. The topological polar surface area (TPSA) is 15.3 Å². The van der Waals surface area contributed by atoms with E-state index in [1.807, 2.05) is 0 Å². The summed E-state index contributed by atoms with van der Waals surface area (Å²) in [4.78, 5) is 2.43. The lowest BCUT2D eigenvalue weighted by molar-refractivity contribution is 0.283. The van der Waals surface area contributed by atoms with E-state index in [4.69, 9.17) is 0 Å². The molecule has 2 nitrogen and oxygen atoms in total. The molecule has 0 bridgehead atoms. The summed E-state index contributed by atoms with van der Waals surface area (Å²) in [6.45, 7) is 11.4. The molecule has 1 saturated carbocycles. The number of benzene rings is 1. The molecule has 21 heavy (non-hydrogen) atoms. The van der Waals surface area contributed by atoms with Gasteiger partial charge in [0, 0.05) is 31.9 Å². The van der Waals surface area contributed by atoms with Crippen LogP contribution >= 0.6 is 0 Å². The summed E-state index contributed by atoms with van der Waals surface area (Å²) in [5.74, 6) is 0. The molecule has 0 heterocycles. The zero-order chi connectivity index (χ0) is 15.5. The Hall–Kier alpha value is -1.02. The van der Waals surface area contributed by atoms with Crippen molar-refractivity contribution in [1.29, 1.82) is 0 Å². The fraction of sp³-hybridized carbons (Fsp3) is 0.684. The van der Waals surface area contributed by atoms with Gasteiger partial charge in [-0.2, -0.15) is 0 Å². The molecule has 1 aliphatic carbocycles. The van der Waals surface area contributed by atoms with Crippen LogP contribution in [0.5, 0.6) is 0 Å². The van der Waals surface area contributed by atoms with Crippen molar-refractivity contribution in [3.8, 4) is 0 Å². The van der Waals surface area contributed by atoms with Gasteiger partial charge in [0.25, 0.3) is 0 Å².